The van der Waals surface area contributed by atoms with Gasteiger partial charge in [-0.3, -0.25) is 9.59 Å². The molecule has 0 fully saturated rings. The normalized spacial score (nSPS) is 12.1. The number of hydrogen-bond acceptors (Lipinski definition) is 5. The van der Waals surface area contributed by atoms with E-state index in [1.807, 2.05) is 12.1 Å². The van der Waals surface area contributed by atoms with Gasteiger partial charge < -0.3 is 16.4 Å². The molecule has 23 heavy (non-hydrogen) atoms. The molecule has 0 aliphatic heterocycles. The second-order valence-corrected chi connectivity index (χ2v) is 6.53. The lowest BCUT2D eigenvalue weighted by Gasteiger charge is -2.16. The molecule has 2 aromatic rings. The molecule has 2 amide bonds. The Hall–Kier alpha value is -1.70. The van der Waals surface area contributed by atoms with Crippen molar-refractivity contribution in [3.8, 4) is 0 Å². The summed E-state index contributed by atoms with van der Waals surface area (Å²) in [6, 6.07) is 4.79. The Morgan fingerprint density at radius 1 is 1.43 bits per heavy atom. The first-order chi connectivity index (χ1) is 11.0. The standard InChI is InChI=1S/C15H19ClN4O2S/c1-2-13(21)19-11(15(22)18-6-5-17)8-14-20-10-4-3-9(16)7-12(10)23-14/h3-4,7,11H,2,5-6,8,17H2,1H3,(H,18,22)(H,19,21)/t11-/m0/s1. The highest BCUT2D eigenvalue weighted by atomic mass is 35.5. The smallest absolute Gasteiger partial charge is 0.243 e. The van der Waals surface area contributed by atoms with Crippen LogP contribution >= 0.6 is 22.9 Å². The van der Waals surface area contributed by atoms with Gasteiger partial charge in [0.05, 0.1) is 15.2 Å². The minimum absolute atomic E-state index is 0.179. The number of nitrogens with zero attached hydrogens (tertiary/aromatic N) is 1. The van der Waals surface area contributed by atoms with E-state index in [2.05, 4.69) is 15.6 Å². The number of aromatic nitrogens is 1. The van der Waals surface area contributed by atoms with Crippen LogP contribution in [0.3, 0.4) is 0 Å². The van der Waals surface area contributed by atoms with Gasteiger partial charge >= 0.3 is 0 Å². The number of halogens is 1. The van der Waals surface area contributed by atoms with Crippen LogP contribution in [0.25, 0.3) is 10.2 Å². The SMILES string of the molecule is CCC(=O)N[C@@H](Cc1nc2ccc(Cl)cc2s1)C(=O)NCCN. The van der Waals surface area contributed by atoms with Crippen molar-refractivity contribution in [3.63, 3.8) is 0 Å². The molecular formula is C15H19ClN4O2S. The number of thiazole rings is 1. The quantitative estimate of drug-likeness (QED) is 0.701. The molecule has 124 valence electrons. The highest BCUT2D eigenvalue weighted by Crippen LogP contribution is 2.26. The van der Waals surface area contributed by atoms with Gasteiger partial charge in [-0.2, -0.15) is 0 Å². The summed E-state index contributed by atoms with van der Waals surface area (Å²) in [7, 11) is 0. The molecule has 0 saturated heterocycles. The summed E-state index contributed by atoms with van der Waals surface area (Å²) in [4.78, 5) is 28.4. The number of carbonyl (C=O) groups is 2. The van der Waals surface area contributed by atoms with Crippen molar-refractivity contribution in [2.75, 3.05) is 13.1 Å². The van der Waals surface area contributed by atoms with E-state index in [4.69, 9.17) is 17.3 Å². The third-order valence-electron chi connectivity index (χ3n) is 3.19. The molecule has 6 nitrogen and oxygen atoms in total. The fourth-order valence-electron chi connectivity index (χ4n) is 2.03. The minimum Gasteiger partial charge on any atom is -0.353 e. The number of hydrogen-bond donors (Lipinski definition) is 3. The molecule has 1 heterocycles. The number of benzene rings is 1. The third-order valence-corrected chi connectivity index (χ3v) is 4.47. The van der Waals surface area contributed by atoms with Crippen LogP contribution in [0.4, 0.5) is 0 Å². The van der Waals surface area contributed by atoms with Crippen LogP contribution in [0, 0.1) is 0 Å². The fraction of sp³-hybridized carbons (Fsp3) is 0.400. The number of carbonyl (C=O) groups excluding carboxylic acids is 2. The Kier molecular flexibility index (Phi) is 6.32. The van der Waals surface area contributed by atoms with Crippen LogP contribution in [-0.2, 0) is 16.0 Å². The van der Waals surface area contributed by atoms with Crippen LogP contribution in [0.5, 0.6) is 0 Å². The van der Waals surface area contributed by atoms with E-state index in [1.54, 1.807) is 13.0 Å². The first-order valence-electron chi connectivity index (χ1n) is 7.35. The van der Waals surface area contributed by atoms with E-state index in [0.29, 0.717) is 31.0 Å². The van der Waals surface area contributed by atoms with Crippen molar-refractivity contribution in [2.45, 2.75) is 25.8 Å². The molecule has 1 atom stereocenters. The van der Waals surface area contributed by atoms with Gasteiger partial charge in [-0.15, -0.1) is 11.3 Å². The molecule has 0 aliphatic carbocycles. The van der Waals surface area contributed by atoms with Gasteiger partial charge in [-0.05, 0) is 18.2 Å². The van der Waals surface area contributed by atoms with Crippen LogP contribution in [0.2, 0.25) is 5.02 Å². The largest absolute Gasteiger partial charge is 0.353 e. The topological polar surface area (TPSA) is 97.1 Å². The Morgan fingerprint density at radius 3 is 2.91 bits per heavy atom. The van der Waals surface area contributed by atoms with Crippen LogP contribution in [-0.4, -0.2) is 35.9 Å². The van der Waals surface area contributed by atoms with Crippen LogP contribution < -0.4 is 16.4 Å². The molecule has 1 aromatic carbocycles. The maximum absolute atomic E-state index is 12.2. The molecule has 0 saturated carbocycles. The van der Waals surface area contributed by atoms with E-state index in [9.17, 15) is 9.59 Å². The highest BCUT2D eigenvalue weighted by Gasteiger charge is 2.22. The molecule has 0 radical (unpaired) electrons. The Labute approximate surface area is 143 Å². The minimum atomic E-state index is -0.662. The summed E-state index contributed by atoms with van der Waals surface area (Å²) in [5.74, 6) is -0.434. The molecule has 2 rings (SSSR count). The predicted molar refractivity (Wildman–Crippen MR) is 92.6 cm³/mol. The average molecular weight is 355 g/mol. The molecule has 0 spiro atoms. The van der Waals surface area contributed by atoms with Gasteiger partial charge in [0.15, 0.2) is 0 Å². The average Bonchev–Trinajstić information content (AvgIpc) is 2.93. The van der Waals surface area contributed by atoms with E-state index >= 15 is 0 Å². The van der Waals surface area contributed by atoms with Crippen molar-refractivity contribution >= 4 is 45.0 Å². The Balaban J connectivity index is 2.16. The zero-order valence-electron chi connectivity index (χ0n) is 12.8. The summed E-state index contributed by atoms with van der Waals surface area (Å²) >= 11 is 7.44. The lowest BCUT2D eigenvalue weighted by molar-refractivity contribution is -0.128. The zero-order chi connectivity index (χ0) is 16.8. The summed E-state index contributed by atoms with van der Waals surface area (Å²) in [6.07, 6.45) is 0.648. The summed E-state index contributed by atoms with van der Waals surface area (Å²) < 4.78 is 0.954. The summed E-state index contributed by atoms with van der Waals surface area (Å²) in [5.41, 5.74) is 6.23. The molecule has 8 heteroatoms. The monoisotopic (exact) mass is 354 g/mol. The van der Waals surface area contributed by atoms with Gasteiger partial charge in [-0.1, -0.05) is 18.5 Å². The van der Waals surface area contributed by atoms with Crippen molar-refractivity contribution in [1.82, 2.24) is 15.6 Å². The van der Waals surface area contributed by atoms with Crippen molar-refractivity contribution < 1.29 is 9.59 Å². The van der Waals surface area contributed by atoms with Gasteiger partial charge in [-0.25, -0.2) is 4.98 Å². The number of fused-ring (bicyclic) bond motifs is 1. The number of amides is 2. The van der Waals surface area contributed by atoms with Gasteiger partial charge in [0.1, 0.15) is 6.04 Å². The predicted octanol–water partition coefficient (Wildman–Crippen LogP) is 1.46. The number of nitrogens with two attached hydrogens (primary N) is 1. The Bertz CT molecular complexity index is 704. The molecule has 4 N–H and O–H groups in total. The lowest BCUT2D eigenvalue weighted by Crippen LogP contribution is -2.48. The van der Waals surface area contributed by atoms with Gasteiger partial charge in [0, 0.05) is 31.0 Å². The second-order valence-electron chi connectivity index (χ2n) is 4.98. The first kappa shape index (κ1) is 17.7. The molecule has 0 aliphatic rings. The van der Waals surface area contributed by atoms with E-state index in [-0.39, 0.29) is 11.8 Å². The van der Waals surface area contributed by atoms with Crippen LogP contribution in [0.15, 0.2) is 18.2 Å². The maximum atomic E-state index is 12.2. The van der Waals surface area contributed by atoms with E-state index < -0.39 is 6.04 Å². The Morgan fingerprint density at radius 2 is 2.22 bits per heavy atom. The zero-order valence-corrected chi connectivity index (χ0v) is 14.3. The van der Waals surface area contributed by atoms with Crippen molar-refractivity contribution in [2.24, 2.45) is 5.73 Å². The fourth-order valence-corrected chi connectivity index (χ4v) is 3.32. The van der Waals surface area contributed by atoms with E-state index in [1.165, 1.54) is 11.3 Å². The summed E-state index contributed by atoms with van der Waals surface area (Å²) in [5, 5.41) is 6.84. The first-order valence-corrected chi connectivity index (χ1v) is 8.55. The lowest BCUT2D eigenvalue weighted by atomic mass is 10.2. The number of rotatable bonds is 7. The third kappa shape index (κ3) is 4.89. The molecule has 1 aromatic heterocycles. The summed E-state index contributed by atoms with van der Waals surface area (Å²) in [6.45, 7) is 2.45. The number of nitrogens with one attached hydrogen (secondary N) is 2. The van der Waals surface area contributed by atoms with Gasteiger partial charge in [0.2, 0.25) is 11.8 Å². The molecule has 0 unspecified atom stereocenters. The van der Waals surface area contributed by atoms with Gasteiger partial charge in [0.25, 0.3) is 0 Å². The van der Waals surface area contributed by atoms with Crippen molar-refractivity contribution in [3.05, 3.63) is 28.2 Å². The van der Waals surface area contributed by atoms with Crippen molar-refractivity contribution in [1.29, 1.82) is 0 Å². The second kappa shape index (κ2) is 8.24. The molecule has 0 bridgehead atoms. The highest BCUT2D eigenvalue weighted by molar-refractivity contribution is 7.18. The van der Waals surface area contributed by atoms with E-state index in [0.717, 1.165) is 15.2 Å². The van der Waals surface area contributed by atoms with Crippen LogP contribution in [0.1, 0.15) is 18.4 Å². The maximum Gasteiger partial charge on any atom is 0.243 e. The molecular weight excluding hydrogens is 336 g/mol.